The van der Waals surface area contributed by atoms with Crippen molar-refractivity contribution in [3.05, 3.63) is 59.9 Å². The molecule has 1 atom stereocenters. The number of nitrogens with zero attached hydrogens (tertiary/aromatic N) is 1. The summed E-state index contributed by atoms with van der Waals surface area (Å²) in [5.41, 5.74) is 5.15. The van der Waals surface area contributed by atoms with Crippen molar-refractivity contribution in [1.29, 1.82) is 0 Å². The number of pyridine rings is 1. The third-order valence-corrected chi connectivity index (χ3v) is 4.15. The first-order valence-corrected chi connectivity index (χ1v) is 6.82. The van der Waals surface area contributed by atoms with Crippen molar-refractivity contribution < 1.29 is 4.74 Å². The second kappa shape index (κ2) is 5.23. The van der Waals surface area contributed by atoms with Gasteiger partial charge in [0.25, 0.3) is 0 Å². The Balaban J connectivity index is 2.02. The highest BCUT2D eigenvalue weighted by Crippen LogP contribution is 2.56. The zero-order chi connectivity index (χ0) is 14.0. The Morgan fingerprint density at radius 3 is 2.55 bits per heavy atom. The van der Waals surface area contributed by atoms with Crippen LogP contribution in [0, 0.1) is 0 Å². The second-order valence-corrected chi connectivity index (χ2v) is 5.21. The summed E-state index contributed by atoms with van der Waals surface area (Å²) >= 11 is 0. The van der Waals surface area contributed by atoms with Crippen LogP contribution in [0.2, 0.25) is 0 Å². The van der Waals surface area contributed by atoms with Crippen LogP contribution in [0.4, 0.5) is 0 Å². The summed E-state index contributed by atoms with van der Waals surface area (Å²) in [7, 11) is 1.66. The number of hydrazine groups is 1. The van der Waals surface area contributed by atoms with Gasteiger partial charge in [-0.25, -0.2) is 0 Å². The molecule has 4 heteroatoms. The molecule has 0 saturated heterocycles. The Morgan fingerprint density at radius 1 is 1.20 bits per heavy atom. The van der Waals surface area contributed by atoms with E-state index in [1.54, 1.807) is 13.3 Å². The molecule has 0 spiro atoms. The average Bonchev–Trinajstić information content (AvgIpc) is 3.31. The van der Waals surface area contributed by atoms with Crippen LogP contribution in [0.15, 0.2) is 48.7 Å². The first kappa shape index (κ1) is 13.1. The molecule has 2 aromatic rings. The Kier molecular flexibility index (Phi) is 3.42. The van der Waals surface area contributed by atoms with E-state index in [0.717, 1.165) is 24.3 Å². The number of hydrogen-bond donors (Lipinski definition) is 2. The largest absolute Gasteiger partial charge is 0.495 e. The van der Waals surface area contributed by atoms with Crippen molar-refractivity contribution in [3.8, 4) is 5.75 Å². The highest BCUT2D eigenvalue weighted by Gasteiger charge is 2.52. The summed E-state index contributed by atoms with van der Waals surface area (Å²) in [5, 5.41) is 0. The molecule has 0 aliphatic heterocycles. The van der Waals surface area contributed by atoms with Crippen LogP contribution in [-0.2, 0) is 5.41 Å². The molecule has 1 fully saturated rings. The number of rotatable bonds is 5. The van der Waals surface area contributed by atoms with Gasteiger partial charge in [0, 0.05) is 11.6 Å². The van der Waals surface area contributed by atoms with Gasteiger partial charge < -0.3 is 4.74 Å². The summed E-state index contributed by atoms with van der Waals surface area (Å²) in [6, 6.07) is 14.2. The second-order valence-electron chi connectivity index (χ2n) is 5.21. The maximum absolute atomic E-state index is 5.85. The molecule has 1 unspecified atom stereocenters. The van der Waals surface area contributed by atoms with Gasteiger partial charge in [-0.05, 0) is 30.5 Å². The van der Waals surface area contributed by atoms with Crippen molar-refractivity contribution >= 4 is 0 Å². The molecule has 1 saturated carbocycles. The van der Waals surface area contributed by atoms with E-state index in [0.29, 0.717) is 0 Å². The Labute approximate surface area is 119 Å². The normalized spacial score (nSPS) is 17.5. The Morgan fingerprint density at radius 2 is 1.95 bits per heavy atom. The fraction of sp³-hybridized carbons (Fsp3) is 0.312. The lowest BCUT2D eigenvalue weighted by Gasteiger charge is -2.27. The summed E-state index contributed by atoms with van der Waals surface area (Å²) < 4.78 is 5.43. The molecular formula is C16H19N3O. The minimum atomic E-state index is -0.0407. The lowest BCUT2D eigenvalue weighted by Crippen LogP contribution is -2.37. The van der Waals surface area contributed by atoms with Crippen LogP contribution in [-0.4, -0.2) is 12.1 Å². The van der Waals surface area contributed by atoms with Crippen LogP contribution in [0.3, 0.4) is 0 Å². The van der Waals surface area contributed by atoms with E-state index in [1.165, 1.54) is 5.56 Å². The van der Waals surface area contributed by atoms with Crippen LogP contribution in [0.1, 0.15) is 30.1 Å². The first-order chi connectivity index (χ1) is 9.81. The Hall–Kier alpha value is -1.91. The van der Waals surface area contributed by atoms with Gasteiger partial charge in [-0.1, -0.05) is 30.3 Å². The van der Waals surface area contributed by atoms with Gasteiger partial charge >= 0.3 is 0 Å². The standard InChI is InChI=1S/C16H19N3O/c1-20-13-8-5-11-18-14(13)15(19-17)16(9-10-16)12-6-3-2-4-7-12/h2-8,11,15,19H,9-10,17H2,1H3. The van der Waals surface area contributed by atoms with E-state index in [9.17, 15) is 0 Å². The van der Waals surface area contributed by atoms with Gasteiger partial charge in [0.1, 0.15) is 11.4 Å². The lowest BCUT2D eigenvalue weighted by molar-refractivity contribution is 0.372. The number of nitrogens with one attached hydrogen (secondary N) is 1. The monoisotopic (exact) mass is 269 g/mol. The maximum atomic E-state index is 5.85. The molecule has 3 N–H and O–H groups in total. The van der Waals surface area contributed by atoms with Crippen molar-refractivity contribution in [2.24, 2.45) is 5.84 Å². The number of hydrogen-bond acceptors (Lipinski definition) is 4. The lowest BCUT2D eigenvalue weighted by atomic mass is 9.86. The van der Waals surface area contributed by atoms with E-state index in [2.05, 4.69) is 34.7 Å². The number of ether oxygens (including phenoxy) is 1. The van der Waals surface area contributed by atoms with Crippen LogP contribution >= 0.6 is 0 Å². The van der Waals surface area contributed by atoms with Crippen LogP contribution in [0.5, 0.6) is 5.75 Å². The molecule has 0 amide bonds. The molecule has 3 rings (SSSR count). The smallest absolute Gasteiger partial charge is 0.142 e. The third-order valence-electron chi connectivity index (χ3n) is 4.15. The van der Waals surface area contributed by atoms with Gasteiger partial charge in [-0.2, -0.15) is 0 Å². The Bertz CT molecular complexity index is 581. The highest BCUT2D eigenvalue weighted by atomic mass is 16.5. The van der Waals surface area contributed by atoms with Crippen LogP contribution in [0.25, 0.3) is 0 Å². The van der Waals surface area contributed by atoms with E-state index in [4.69, 9.17) is 10.6 Å². The van der Waals surface area contributed by atoms with Gasteiger partial charge in [0.05, 0.1) is 13.2 Å². The predicted octanol–water partition coefficient (Wildman–Crippen LogP) is 2.33. The van der Waals surface area contributed by atoms with Crippen molar-refractivity contribution in [2.75, 3.05) is 7.11 Å². The summed E-state index contributed by atoms with van der Waals surface area (Å²) in [5.74, 6) is 6.62. The maximum Gasteiger partial charge on any atom is 0.142 e. The van der Waals surface area contributed by atoms with E-state index >= 15 is 0 Å². The molecular weight excluding hydrogens is 250 g/mol. The highest BCUT2D eigenvalue weighted by molar-refractivity contribution is 5.40. The zero-order valence-electron chi connectivity index (χ0n) is 11.5. The van der Waals surface area contributed by atoms with Gasteiger partial charge in [0.15, 0.2) is 0 Å². The SMILES string of the molecule is COc1cccnc1C(NN)C1(c2ccccc2)CC1. The van der Waals surface area contributed by atoms with Crippen molar-refractivity contribution in [1.82, 2.24) is 10.4 Å². The molecule has 1 heterocycles. The van der Waals surface area contributed by atoms with Crippen molar-refractivity contribution in [2.45, 2.75) is 24.3 Å². The zero-order valence-corrected chi connectivity index (χ0v) is 11.5. The van der Waals surface area contributed by atoms with Crippen molar-refractivity contribution in [3.63, 3.8) is 0 Å². The molecule has 1 aromatic heterocycles. The first-order valence-electron chi connectivity index (χ1n) is 6.82. The summed E-state index contributed by atoms with van der Waals surface area (Å²) in [6.45, 7) is 0. The van der Waals surface area contributed by atoms with E-state index in [-0.39, 0.29) is 11.5 Å². The average molecular weight is 269 g/mol. The van der Waals surface area contributed by atoms with Gasteiger partial charge in [-0.3, -0.25) is 16.3 Å². The number of nitrogens with two attached hydrogens (primary N) is 1. The molecule has 4 nitrogen and oxygen atoms in total. The quantitative estimate of drug-likeness (QED) is 0.646. The minimum Gasteiger partial charge on any atom is -0.495 e. The number of methoxy groups -OCH3 is 1. The third kappa shape index (κ3) is 2.07. The number of aromatic nitrogens is 1. The number of benzene rings is 1. The molecule has 0 bridgehead atoms. The van der Waals surface area contributed by atoms with Gasteiger partial charge in [-0.15, -0.1) is 0 Å². The molecule has 1 aromatic carbocycles. The van der Waals surface area contributed by atoms with Crippen LogP contribution < -0.4 is 16.0 Å². The minimum absolute atomic E-state index is 0.0254. The fourth-order valence-corrected chi connectivity index (χ4v) is 2.94. The molecule has 104 valence electrons. The molecule has 0 radical (unpaired) electrons. The van der Waals surface area contributed by atoms with E-state index < -0.39 is 0 Å². The summed E-state index contributed by atoms with van der Waals surface area (Å²) in [4.78, 5) is 4.48. The van der Waals surface area contributed by atoms with E-state index in [1.807, 2.05) is 18.2 Å². The summed E-state index contributed by atoms with van der Waals surface area (Å²) in [6.07, 6.45) is 3.99. The topological polar surface area (TPSA) is 60.2 Å². The molecule has 1 aliphatic rings. The fourth-order valence-electron chi connectivity index (χ4n) is 2.94. The van der Waals surface area contributed by atoms with Gasteiger partial charge in [0.2, 0.25) is 0 Å². The molecule has 20 heavy (non-hydrogen) atoms. The molecule has 1 aliphatic carbocycles. The predicted molar refractivity (Wildman–Crippen MR) is 78.2 cm³/mol.